The third-order valence-corrected chi connectivity index (χ3v) is 3.27. The largest absolute Gasteiger partial charge is 0.396 e. The Kier molecular flexibility index (Phi) is 3.93. The molecule has 0 radical (unpaired) electrons. The lowest BCUT2D eigenvalue weighted by Gasteiger charge is -2.11. The molecule has 0 aliphatic carbocycles. The van der Waals surface area contributed by atoms with Gasteiger partial charge < -0.3 is 15.4 Å². The molecule has 20 heavy (non-hydrogen) atoms. The smallest absolute Gasteiger partial charge is 0.332 e. The van der Waals surface area contributed by atoms with Crippen molar-refractivity contribution in [2.24, 2.45) is 14.1 Å². The van der Waals surface area contributed by atoms with Crippen LogP contribution in [0.15, 0.2) is 9.59 Å². The van der Waals surface area contributed by atoms with Gasteiger partial charge in [0, 0.05) is 26.7 Å². The Balaban J connectivity index is 2.39. The molecule has 0 fully saturated rings. The van der Waals surface area contributed by atoms with Crippen molar-refractivity contribution in [2.75, 3.05) is 11.9 Å². The predicted molar refractivity (Wildman–Crippen MR) is 76.0 cm³/mol. The number of anilines is 1. The van der Waals surface area contributed by atoms with Gasteiger partial charge in [0.1, 0.15) is 0 Å². The zero-order valence-corrected chi connectivity index (χ0v) is 11.8. The van der Waals surface area contributed by atoms with E-state index in [1.807, 2.05) is 6.92 Å². The molecular weight excluding hydrogens is 262 g/mol. The maximum absolute atomic E-state index is 12.0. The molecule has 0 saturated heterocycles. The molecule has 2 aromatic heterocycles. The van der Waals surface area contributed by atoms with Crippen LogP contribution in [0.4, 0.5) is 5.95 Å². The Bertz CT molecular complexity index is 727. The summed E-state index contributed by atoms with van der Waals surface area (Å²) in [5.74, 6) is 0.448. The van der Waals surface area contributed by atoms with Gasteiger partial charge in [-0.25, -0.2) is 4.79 Å². The van der Waals surface area contributed by atoms with E-state index in [9.17, 15) is 9.59 Å². The van der Waals surface area contributed by atoms with Crippen molar-refractivity contribution >= 4 is 17.1 Å². The van der Waals surface area contributed by atoms with Crippen molar-refractivity contribution in [2.45, 2.75) is 25.8 Å². The molecule has 110 valence electrons. The highest BCUT2D eigenvalue weighted by Gasteiger charge is 2.14. The number of aliphatic hydroxyl groups excluding tert-OH is 1. The molecule has 2 aromatic rings. The maximum atomic E-state index is 12.0. The molecule has 0 saturated carbocycles. The number of nitrogens with zero attached hydrogens (tertiary/aromatic N) is 3. The van der Waals surface area contributed by atoms with Crippen LogP contribution in [0.1, 0.15) is 19.8 Å². The normalized spacial score (nSPS) is 12.8. The van der Waals surface area contributed by atoms with Crippen LogP contribution >= 0.6 is 0 Å². The van der Waals surface area contributed by atoms with E-state index in [0.717, 1.165) is 11.0 Å². The molecule has 0 bridgehead atoms. The lowest BCUT2D eigenvalue weighted by molar-refractivity contribution is 0.282. The summed E-state index contributed by atoms with van der Waals surface area (Å²) >= 11 is 0. The summed E-state index contributed by atoms with van der Waals surface area (Å²) in [6.45, 7) is 2.10. The molecule has 8 nitrogen and oxygen atoms in total. The van der Waals surface area contributed by atoms with Gasteiger partial charge in [-0.15, -0.1) is 0 Å². The lowest BCUT2D eigenvalue weighted by Crippen LogP contribution is -2.36. The zero-order valence-electron chi connectivity index (χ0n) is 11.8. The number of hydrogen-bond donors (Lipinski definition) is 3. The molecule has 2 rings (SSSR count). The second-order valence-corrected chi connectivity index (χ2v) is 4.90. The number of imidazole rings is 1. The van der Waals surface area contributed by atoms with Gasteiger partial charge in [-0.1, -0.05) is 0 Å². The van der Waals surface area contributed by atoms with Gasteiger partial charge in [-0.3, -0.25) is 13.9 Å². The topological polar surface area (TPSA) is 105 Å². The lowest BCUT2D eigenvalue weighted by atomic mass is 10.2. The number of fused-ring (bicyclic) bond motifs is 1. The first-order valence-electron chi connectivity index (χ1n) is 6.48. The molecule has 0 aliphatic heterocycles. The van der Waals surface area contributed by atoms with Gasteiger partial charge in [-0.05, 0) is 19.8 Å². The standard InChI is InChI=1S/C12H19N5O3/c1-7(5-4-6-18)13-11-14-8-9(15-11)16(2)12(20)17(3)10(8)19/h7,18H,4-6H2,1-3H3,(H2,13,14,15). The summed E-state index contributed by atoms with van der Waals surface area (Å²) in [6.07, 6.45) is 1.47. The number of aryl methyl sites for hydroxylation is 1. The van der Waals surface area contributed by atoms with Gasteiger partial charge in [0.2, 0.25) is 5.95 Å². The highest BCUT2D eigenvalue weighted by molar-refractivity contribution is 5.72. The van der Waals surface area contributed by atoms with Crippen LogP contribution in [0.3, 0.4) is 0 Å². The maximum Gasteiger partial charge on any atom is 0.332 e. The van der Waals surface area contributed by atoms with Crippen LogP contribution < -0.4 is 16.6 Å². The van der Waals surface area contributed by atoms with E-state index in [-0.39, 0.29) is 12.6 Å². The van der Waals surface area contributed by atoms with E-state index in [1.165, 1.54) is 11.6 Å². The Hall–Kier alpha value is -2.09. The number of nitrogens with one attached hydrogen (secondary N) is 2. The van der Waals surface area contributed by atoms with Crippen LogP contribution in [-0.4, -0.2) is 36.9 Å². The molecule has 3 N–H and O–H groups in total. The van der Waals surface area contributed by atoms with E-state index in [1.54, 1.807) is 7.05 Å². The van der Waals surface area contributed by atoms with Crippen LogP contribution in [0.2, 0.25) is 0 Å². The van der Waals surface area contributed by atoms with Gasteiger partial charge >= 0.3 is 5.69 Å². The Morgan fingerprint density at radius 2 is 2.05 bits per heavy atom. The molecule has 8 heteroatoms. The Morgan fingerprint density at radius 3 is 2.70 bits per heavy atom. The fourth-order valence-electron chi connectivity index (χ4n) is 2.10. The van der Waals surface area contributed by atoms with Crippen LogP contribution in [0, 0.1) is 0 Å². The number of H-pyrrole nitrogens is 1. The molecular formula is C12H19N5O3. The highest BCUT2D eigenvalue weighted by atomic mass is 16.3. The third kappa shape index (κ3) is 2.46. The average molecular weight is 281 g/mol. The number of aliphatic hydroxyl groups is 1. The van der Waals surface area contributed by atoms with Crippen molar-refractivity contribution in [1.29, 1.82) is 0 Å². The first-order valence-corrected chi connectivity index (χ1v) is 6.48. The van der Waals surface area contributed by atoms with E-state index >= 15 is 0 Å². The monoisotopic (exact) mass is 281 g/mol. The summed E-state index contributed by atoms with van der Waals surface area (Å²) < 4.78 is 2.37. The minimum Gasteiger partial charge on any atom is -0.396 e. The van der Waals surface area contributed by atoms with Gasteiger partial charge in [-0.2, -0.15) is 4.98 Å². The fraction of sp³-hybridized carbons (Fsp3) is 0.583. The van der Waals surface area contributed by atoms with Gasteiger partial charge in [0.05, 0.1) is 0 Å². The number of hydrogen-bond acceptors (Lipinski definition) is 5. The van der Waals surface area contributed by atoms with Crippen LogP contribution in [0.25, 0.3) is 11.2 Å². The molecule has 2 heterocycles. The first kappa shape index (κ1) is 14.3. The number of aromatic amines is 1. The average Bonchev–Trinajstić information content (AvgIpc) is 2.84. The fourth-order valence-corrected chi connectivity index (χ4v) is 2.10. The van der Waals surface area contributed by atoms with Crippen molar-refractivity contribution in [3.8, 4) is 0 Å². The summed E-state index contributed by atoms with van der Waals surface area (Å²) in [6, 6.07) is 0.101. The quantitative estimate of drug-likeness (QED) is 0.687. The molecule has 0 spiro atoms. The highest BCUT2D eigenvalue weighted by Crippen LogP contribution is 2.10. The second-order valence-electron chi connectivity index (χ2n) is 4.90. The third-order valence-electron chi connectivity index (χ3n) is 3.27. The van der Waals surface area contributed by atoms with E-state index in [4.69, 9.17) is 5.11 Å². The van der Waals surface area contributed by atoms with Crippen molar-refractivity contribution in [1.82, 2.24) is 19.1 Å². The molecule has 0 aromatic carbocycles. The van der Waals surface area contributed by atoms with E-state index in [2.05, 4.69) is 15.3 Å². The number of aromatic nitrogens is 4. The molecule has 0 aliphatic rings. The second kappa shape index (κ2) is 5.49. The summed E-state index contributed by atoms with van der Waals surface area (Å²) in [5, 5.41) is 11.9. The minimum atomic E-state index is -0.408. The van der Waals surface area contributed by atoms with Crippen LogP contribution in [0.5, 0.6) is 0 Å². The molecule has 1 unspecified atom stereocenters. The Morgan fingerprint density at radius 1 is 1.35 bits per heavy atom. The molecule has 0 amide bonds. The van der Waals surface area contributed by atoms with E-state index in [0.29, 0.717) is 23.5 Å². The van der Waals surface area contributed by atoms with Crippen LogP contribution in [-0.2, 0) is 14.1 Å². The van der Waals surface area contributed by atoms with Crippen molar-refractivity contribution in [3.63, 3.8) is 0 Å². The summed E-state index contributed by atoms with van der Waals surface area (Å²) in [7, 11) is 3.01. The molecule has 1 atom stereocenters. The Labute approximate surface area is 115 Å². The summed E-state index contributed by atoms with van der Waals surface area (Å²) in [4.78, 5) is 30.9. The zero-order chi connectivity index (χ0) is 14.9. The van der Waals surface area contributed by atoms with Crippen molar-refractivity contribution in [3.05, 3.63) is 20.8 Å². The summed E-state index contributed by atoms with van der Waals surface area (Å²) in [5.41, 5.74) is -0.179. The SMILES string of the molecule is CC(CCCO)Nc1nc2c([nH]1)c(=O)n(C)c(=O)n2C. The van der Waals surface area contributed by atoms with E-state index < -0.39 is 11.2 Å². The number of rotatable bonds is 5. The van der Waals surface area contributed by atoms with Gasteiger partial charge in [0.15, 0.2) is 11.2 Å². The first-order chi connectivity index (χ1) is 9.45. The van der Waals surface area contributed by atoms with Crippen molar-refractivity contribution < 1.29 is 5.11 Å². The predicted octanol–water partition coefficient (Wildman–Crippen LogP) is -0.467. The van der Waals surface area contributed by atoms with Gasteiger partial charge in [0.25, 0.3) is 5.56 Å². The minimum absolute atomic E-state index is 0.101.